The van der Waals surface area contributed by atoms with Crippen LogP contribution in [0.5, 0.6) is 11.5 Å². The fourth-order valence-corrected chi connectivity index (χ4v) is 5.20. The third kappa shape index (κ3) is 5.66. The number of carbonyl (C=O) groups is 1. The van der Waals surface area contributed by atoms with Gasteiger partial charge in [0, 0.05) is 10.5 Å². The first-order valence-corrected chi connectivity index (χ1v) is 12.3. The number of benzene rings is 3. The number of anilines is 2. The number of hydrogen-bond donors (Lipinski definition) is 1. The van der Waals surface area contributed by atoms with E-state index in [-0.39, 0.29) is 10.6 Å². The highest BCUT2D eigenvalue weighted by molar-refractivity contribution is 9.10. The number of carbonyl (C=O) groups excluding carboxylic acids is 1. The maximum Gasteiger partial charge on any atom is 0.264 e. The van der Waals surface area contributed by atoms with Crippen LogP contribution in [0, 0.1) is 13.8 Å². The summed E-state index contributed by atoms with van der Waals surface area (Å²) < 4.78 is 39.7. The van der Waals surface area contributed by atoms with E-state index in [1.165, 1.54) is 32.4 Å². The van der Waals surface area contributed by atoms with Gasteiger partial charge in [-0.3, -0.25) is 9.10 Å². The van der Waals surface area contributed by atoms with Gasteiger partial charge in [0.2, 0.25) is 5.91 Å². The molecular formula is C24H25BrN2O5S. The van der Waals surface area contributed by atoms with Crippen molar-refractivity contribution < 1.29 is 22.7 Å². The molecule has 33 heavy (non-hydrogen) atoms. The Bertz CT molecular complexity index is 1260. The van der Waals surface area contributed by atoms with Crippen molar-refractivity contribution in [3.05, 3.63) is 76.3 Å². The summed E-state index contributed by atoms with van der Waals surface area (Å²) >= 11 is 3.39. The third-order valence-corrected chi connectivity index (χ3v) is 7.33. The molecule has 0 heterocycles. The molecule has 9 heteroatoms. The van der Waals surface area contributed by atoms with Gasteiger partial charge in [-0.25, -0.2) is 8.42 Å². The Balaban J connectivity index is 2.05. The molecule has 0 unspecified atom stereocenters. The fourth-order valence-electron chi connectivity index (χ4n) is 3.40. The second-order valence-electron chi connectivity index (χ2n) is 7.40. The van der Waals surface area contributed by atoms with Crippen LogP contribution >= 0.6 is 15.9 Å². The highest BCUT2D eigenvalue weighted by atomic mass is 79.9. The molecule has 0 aliphatic heterocycles. The summed E-state index contributed by atoms with van der Waals surface area (Å²) in [5, 5.41) is 2.77. The number of aryl methyl sites for hydroxylation is 2. The van der Waals surface area contributed by atoms with E-state index < -0.39 is 22.5 Å². The predicted octanol–water partition coefficient (Wildman–Crippen LogP) is 4.92. The maximum absolute atomic E-state index is 13.7. The summed E-state index contributed by atoms with van der Waals surface area (Å²) in [4.78, 5) is 12.9. The number of rotatable bonds is 8. The number of methoxy groups -OCH3 is 2. The second-order valence-corrected chi connectivity index (χ2v) is 10.1. The lowest BCUT2D eigenvalue weighted by atomic mass is 10.1. The number of hydrogen-bond acceptors (Lipinski definition) is 5. The minimum Gasteiger partial charge on any atom is -0.493 e. The van der Waals surface area contributed by atoms with Crippen molar-refractivity contribution in [3.8, 4) is 11.5 Å². The van der Waals surface area contributed by atoms with E-state index in [1.54, 1.807) is 30.3 Å². The summed E-state index contributed by atoms with van der Waals surface area (Å²) in [6.07, 6.45) is 0. The Hall–Kier alpha value is -3.04. The molecule has 1 N–H and O–H groups in total. The van der Waals surface area contributed by atoms with Crippen LogP contribution in [0.4, 0.5) is 11.4 Å². The Morgan fingerprint density at radius 1 is 0.939 bits per heavy atom. The molecule has 0 radical (unpaired) electrons. The zero-order valence-electron chi connectivity index (χ0n) is 18.8. The summed E-state index contributed by atoms with van der Waals surface area (Å²) in [5.74, 6) is 0.197. The zero-order valence-corrected chi connectivity index (χ0v) is 21.2. The minimum absolute atomic E-state index is 0.0204. The van der Waals surface area contributed by atoms with Gasteiger partial charge in [-0.1, -0.05) is 18.2 Å². The number of amides is 1. The van der Waals surface area contributed by atoms with Crippen LogP contribution in [-0.2, 0) is 14.8 Å². The lowest BCUT2D eigenvalue weighted by Crippen LogP contribution is -2.38. The third-order valence-electron chi connectivity index (χ3n) is 4.87. The van der Waals surface area contributed by atoms with Crippen molar-refractivity contribution in [1.82, 2.24) is 0 Å². The first-order chi connectivity index (χ1) is 15.6. The van der Waals surface area contributed by atoms with Gasteiger partial charge >= 0.3 is 0 Å². The predicted molar refractivity (Wildman–Crippen MR) is 133 cm³/mol. The molecule has 7 nitrogen and oxygen atoms in total. The quantitative estimate of drug-likeness (QED) is 0.445. The molecule has 0 bridgehead atoms. The molecule has 0 spiro atoms. The van der Waals surface area contributed by atoms with E-state index >= 15 is 0 Å². The number of ether oxygens (including phenoxy) is 2. The molecule has 0 aromatic heterocycles. The van der Waals surface area contributed by atoms with Crippen LogP contribution in [-0.4, -0.2) is 35.1 Å². The fraction of sp³-hybridized carbons (Fsp3) is 0.208. The van der Waals surface area contributed by atoms with Crippen LogP contribution in [0.2, 0.25) is 0 Å². The molecule has 0 saturated carbocycles. The molecule has 0 atom stereocenters. The van der Waals surface area contributed by atoms with E-state index in [0.717, 1.165) is 15.4 Å². The molecule has 0 aliphatic carbocycles. The number of para-hydroxylation sites is 1. The van der Waals surface area contributed by atoms with E-state index in [1.807, 2.05) is 26.0 Å². The Morgan fingerprint density at radius 3 is 2.18 bits per heavy atom. The van der Waals surface area contributed by atoms with Gasteiger partial charge < -0.3 is 14.8 Å². The summed E-state index contributed by atoms with van der Waals surface area (Å²) in [6.45, 7) is 3.33. The van der Waals surface area contributed by atoms with Crippen LogP contribution in [0.3, 0.4) is 0 Å². The van der Waals surface area contributed by atoms with E-state index in [2.05, 4.69) is 21.2 Å². The standard InChI is InChI=1S/C24H25BrN2O5S/c1-16-11-17(2)13-18(12-16)27(15-24(28)26-21-8-6-5-7-20(21)25)33(29,30)19-9-10-22(31-3)23(14-19)32-4/h5-14H,15H2,1-4H3,(H,26,28). The van der Waals surface area contributed by atoms with Crippen molar-refractivity contribution in [2.45, 2.75) is 18.7 Å². The van der Waals surface area contributed by atoms with Crippen LogP contribution < -0.4 is 19.1 Å². The second kappa shape index (κ2) is 10.3. The zero-order chi connectivity index (χ0) is 24.2. The molecule has 3 rings (SSSR count). The largest absolute Gasteiger partial charge is 0.493 e. The molecule has 0 fully saturated rings. The topological polar surface area (TPSA) is 84.9 Å². The highest BCUT2D eigenvalue weighted by Crippen LogP contribution is 2.33. The molecule has 3 aromatic carbocycles. The lowest BCUT2D eigenvalue weighted by Gasteiger charge is -2.25. The number of nitrogens with zero attached hydrogens (tertiary/aromatic N) is 1. The molecule has 0 aliphatic rings. The van der Waals surface area contributed by atoms with Crippen molar-refractivity contribution in [2.24, 2.45) is 0 Å². The average Bonchev–Trinajstić information content (AvgIpc) is 2.77. The molecular weight excluding hydrogens is 508 g/mol. The number of sulfonamides is 1. The van der Waals surface area contributed by atoms with E-state index in [9.17, 15) is 13.2 Å². The first kappa shape index (κ1) is 24.6. The number of halogens is 1. The van der Waals surface area contributed by atoms with Crippen molar-refractivity contribution in [1.29, 1.82) is 0 Å². The molecule has 3 aromatic rings. The van der Waals surface area contributed by atoms with Crippen LogP contribution in [0.1, 0.15) is 11.1 Å². The Morgan fingerprint density at radius 2 is 1.58 bits per heavy atom. The SMILES string of the molecule is COc1ccc(S(=O)(=O)N(CC(=O)Nc2ccccc2Br)c2cc(C)cc(C)c2)cc1OC. The Labute approximate surface area is 202 Å². The van der Waals surface area contributed by atoms with Crippen LogP contribution in [0.25, 0.3) is 0 Å². The van der Waals surface area contributed by atoms with Crippen molar-refractivity contribution >= 4 is 43.2 Å². The van der Waals surface area contributed by atoms with Gasteiger partial charge in [-0.2, -0.15) is 0 Å². The Kier molecular flexibility index (Phi) is 7.65. The maximum atomic E-state index is 13.7. The number of nitrogens with one attached hydrogen (secondary N) is 1. The van der Waals surface area contributed by atoms with E-state index in [4.69, 9.17) is 9.47 Å². The van der Waals surface area contributed by atoms with Crippen LogP contribution in [0.15, 0.2) is 70.0 Å². The molecule has 174 valence electrons. The van der Waals surface area contributed by atoms with Gasteiger partial charge in [0.1, 0.15) is 6.54 Å². The van der Waals surface area contributed by atoms with Gasteiger partial charge in [0.05, 0.1) is 30.5 Å². The van der Waals surface area contributed by atoms with Crippen molar-refractivity contribution in [3.63, 3.8) is 0 Å². The van der Waals surface area contributed by atoms with Gasteiger partial charge in [-0.15, -0.1) is 0 Å². The van der Waals surface area contributed by atoms with Gasteiger partial charge in [-0.05, 0) is 77.3 Å². The summed E-state index contributed by atoms with van der Waals surface area (Å²) in [6, 6.07) is 16.9. The highest BCUT2D eigenvalue weighted by Gasteiger charge is 2.29. The molecule has 1 amide bonds. The van der Waals surface area contributed by atoms with Gasteiger partial charge in [0.15, 0.2) is 11.5 Å². The average molecular weight is 533 g/mol. The monoisotopic (exact) mass is 532 g/mol. The van der Waals surface area contributed by atoms with E-state index in [0.29, 0.717) is 21.6 Å². The summed E-state index contributed by atoms with van der Waals surface area (Å²) in [7, 11) is -1.21. The normalized spacial score (nSPS) is 11.1. The lowest BCUT2D eigenvalue weighted by molar-refractivity contribution is -0.114. The van der Waals surface area contributed by atoms with Gasteiger partial charge in [0.25, 0.3) is 10.0 Å². The first-order valence-electron chi connectivity index (χ1n) is 10.0. The minimum atomic E-state index is -4.12. The smallest absolute Gasteiger partial charge is 0.264 e. The summed E-state index contributed by atoms with van der Waals surface area (Å²) in [5.41, 5.74) is 2.70. The van der Waals surface area contributed by atoms with Crippen molar-refractivity contribution in [2.75, 3.05) is 30.4 Å². The molecule has 0 saturated heterocycles.